The van der Waals surface area contributed by atoms with Crippen LogP contribution in [0.1, 0.15) is 45.1 Å². The van der Waals surface area contributed by atoms with Crippen molar-refractivity contribution in [3.8, 4) is 17.2 Å². The van der Waals surface area contributed by atoms with Gasteiger partial charge in [-0.05, 0) is 48.2 Å². The lowest BCUT2D eigenvalue weighted by molar-refractivity contribution is 0.0864. The number of para-hydroxylation sites is 1. The van der Waals surface area contributed by atoms with Crippen molar-refractivity contribution < 1.29 is 19.0 Å². The Bertz CT molecular complexity index is 1240. The molecular formula is C28H27NO4. The van der Waals surface area contributed by atoms with Gasteiger partial charge in [0.05, 0.1) is 18.2 Å². The van der Waals surface area contributed by atoms with Crippen LogP contribution in [0, 0.1) is 6.92 Å². The van der Waals surface area contributed by atoms with Gasteiger partial charge >= 0.3 is 0 Å². The van der Waals surface area contributed by atoms with Gasteiger partial charge < -0.3 is 14.2 Å². The summed E-state index contributed by atoms with van der Waals surface area (Å²) in [4.78, 5) is 15.4. The molecule has 0 saturated heterocycles. The van der Waals surface area contributed by atoms with Crippen molar-refractivity contribution in [3.63, 3.8) is 0 Å². The molecule has 168 valence electrons. The Morgan fingerprint density at radius 3 is 2.67 bits per heavy atom. The van der Waals surface area contributed by atoms with Gasteiger partial charge in [-0.25, -0.2) is 0 Å². The highest BCUT2D eigenvalue weighted by molar-refractivity contribution is 6.15. The summed E-state index contributed by atoms with van der Waals surface area (Å²) < 4.78 is 17.8. The number of Topliss-reactive ketones (excluding diaryl/α,β-unsaturated/α-hetero) is 1. The van der Waals surface area contributed by atoms with E-state index < -0.39 is 0 Å². The van der Waals surface area contributed by atoms with Crippen LogP contribution in [0.15, 0.2) is 60.4 Å². The van der Waals surface area contributed by atoms with E-state index in [2.05, 4.69) is 30.0 Å². The van der Waals surface area contributed by atoms with E-state index in [0.717, 1.165) is 40.2 Å². The second-order valence-corrected chi connectivity index (χ2v) is 8.48. The van der Waals surface area contributed by atoms with Crippen LogP contribution in [0.4, 0.5) is 0 Å². The number of methoxy groups -OCH3 is 1. The van der Waals surface area contributed by atoms with Gasteiger partial charge in [0.1, 0.15) is 24.0 Å². The molecule has 0 N–H and O–H groups in total. The number of rotatable bonds is 5. The number of hydrogen-bond donors (Lipinski definition) is 0. The van der Waals surface area contributed by atoms with Gasteiger partial charge in [-0.1, -0.05) is 49.4 Å². The smallest absolute Gasteiger partial charge is 0.232 e. The van der Waals surface area contributed by atoms with Crippen molar-refractivity contribution in [1.82, 2.24) is 4.90 Å². The van der Waals surface area contributed by atoms with Crippen LogP contribution in [0.2, 0.25) is 0 Å². The monoisotopic (exact) mass is 441 g/mol. The Morgan fingerprint density at radius 2 is 1.91 bits per heavy atom. The largest absolute Gasteiger partial charge is 0.496 e. The number of carbonyl (C=O) groups is 1. The van der Waals surface area contributed by atoms with Gasteiger partial charge in [-0.15, -0.1) is 0 Å². The van der Waals surface area contributed by atoms with E-state index in [1.54, 1.807) is 7.11 Å². The van der Waals surface area contributed by atoms with Gasteiger partial charge in [-0.3, -0.25) is 9.69 Å². The van der Waals surface area contributed by atoms with Gasteiger partial charge in [0.25, 0.3) is 0 Å². The minimum atomic E-state index is -0.0771. The Hall–Kier alpha value is -3.57. The van der Waals surface area contributed by atoms with Gasteiger partial charge in [0.15, 0.2) is 5.76 Å². The summed E-state index contributed by atoms with van der Waals surface area (Å²) in [7, 11) is 1.68. The minimum Gasteiger partial charge on any atom is -0.496 e. The first-order chi connectivity index (χ1) is 16.1. The van der Waals surface area contributed by atoms with Crippen molar-refractivity contribution in [2.24, 2.45) is 0 Å². The molecule has 0 bridgehead atoms. The van der Waals surface area contributed by atoms with E-state index in [0.29, 0.717) is 36.9 Å². The molecule has 33 heavy (non-hydrogen) atoms. The number of fused-ring (bicyclic) bond motifs is 3. The fourth-order valence-electron chi connectivity index (χ4n) is 4.45. The van der Waals surface area contributed by atoms with E-state index >= 15 is 0 Å². The summed E-state index contributed by atoms with van der Waals surface area (Å²) >= 11 is 0. The number of allylic oxidation sites excluding steroid dienone is 1. The van der Waals surface area contributed by atoms with E-state index in [4.69, 9.17) is 14.2 Å². The zero-order valence-electron chi connectivity index (χ0n) is 19.2. The molecule has 5 nitrogen and oxygen atoms in total. The summed E-state index contributed by atoms with van der Waals surface area (Å²) in [5, 5.41) is 0. The molecule has 0 aromatic heterocycles. The Labute approximate surface area is 194 Å². The maximum Gasteiger partial charge on any atom is 0.232 e. The topological polar surface area (TPSA) is 48.0 Å². The van der Waals surface area contributed by atoms with Crippen LogP contribution < -0.4 is 14.2 Å². The molecule has 0 aliphatic carbocycles. The predicted octanol–water partition coefficient (Wildman–Crippen LogP) is 5.53. The summed E-state index contributed by atoms with van der Waals surface area (Å²) in [5.41, 5.74) is 5.71. The van der Waals surface area contributed by atoms with Gasteiger partial charge in [0, 0.05) is 18.7 Å². The van der Waals surface area contributed by atoms with E-state index in [-0.39, 0.29) is 5.78 Å². The first-order valence-electron chi connectivity index (χ1n) is 11.2. The second-order valence-electron chi connectivity index (χ2n) is 8.48. The fraction of sp³-hybridized carbons (Fsp3) is 0.250. The van der Waals surface area contributed by atoms with Crippen LogP contribution >= 0.6 is 0 Å². The molecule has 2 heterocycles. The van der Waals surface area contributed by atoms with Crippen molar-refractivity contribution >= 4 is 11.9 Å². The van der Waals surface area contributed by atoms with Crippen molar-refractivity contribution in [1.29, 1.82) is 0 Å². The first-order valence-corrected chi connectivity index (χ1v) is 11.2. The summed E-state index contributed by atoms with van der Waals surface area (Å²) in [6, 6.07) is 18.1. The number of ketones is 1. The van der Waals surface area contributed by atoms with Crippen LogP contribution in [0.25, 0.3) is 6.08 Å². The predicted molar refractivity (Wildman–Crippen MR) is 128 cm³/mol. The van der Waals surface area contributed by atoms with Crippen LogP contribution in [0.5, 0.6) is 17.2 Å². The molecule has 0 spiro atoms. The molecule has 0 atom stereocenters. The number of aryl methyl sites for hydroxylation is 2. The summed E-state index contributed by atoms with van der Waals surface area (Å²) in [5.74, 6) is 2.53. The maximum absolute atomic E-state index is 13.2. The second kappa shape index (κ2) is 8.75. The van der Waals surface area contributed by atoms with Crippen molar-refractivity contribution in [3.05, 3.63) is 93.7 Å². The van der Waals surface area contributed by atoms with E-state index in [1.165, 1.54) is 5.56 Å². The molecule has 0 amide bonds. The van der Waals surface area contributed by atoms with Crippen LogP contribution in [-0.2, 0) is 19.5 Å². The molecule has 2 aliphatic rings. The lowest BCUT2D eigenvalue weighted by atomic mass is 9.98. The zero-order chi connectivity index (χ0) is 22.9. The molecule has 5 heteroatoms. The molecule has 3 aromatic carbocycles. The molecule has 0 radical (unpaired) electrons. The quantitative estimate of drug-likeness (QED) is 0.487. The average Bonchev–Trinajstić information content (AvgIpc) is 3.17. The number of hydrogen-bond acceptors (Lipinski definition) is 5. The van der Waals surface area contributed by atoms with Crippen LogP contribution in [0.3, 0.4) is 0 Å². The number of benzene rings is 3. The standard InChI is InChI=1S/C28H27NO4/c1-4-19-9-11-20(12-10-19)14-25-27(30)26-18(2)13-24-22(28(26)33-25)16-29(17-32-24)15-21-7-5-6-8-23(21)31-3/h5-14H,4,15-17H2,1-3H3/b25-14-. The van der Waals surface area contributed by atoms with Crippen LogP contribution in [-0.4, -0.2) is 24.5 Å². The average molecular weight is 442 g/mol. The Balaban J connectivity index is 1.44. The molecule has 5 rings (SSSR count). The van der Waals surface area contributed by atoms with Crippen molar-refractivity contribution in [2.45, 2.75) is 33.4 Å². The van der Waals surface area contributed by atoms with E-state index in [9.17, 15) is 4.79 Å². The highest BCUT2D eigenvalue weighted by atomic mass is 16.5. The normalized spacial score (nSPS) is 16.2. The number of carbonyl (C=O) groups excluding carboxylic acids is 1. The minimum absolute atomic E-state index is 0.0771. The fourth-order valence-corrected chi connectivity index (χ4v) is 4.45. The van der Waals surface area contributed by atoms with Gasteiger partial charge in [-0.2, -0.15) is 0 Å². The van der Waals surface area contributed by atoms with Crippen molar-refractivity contribution in [2.75, 3.05) is 13.8 Å². The number of ether oxygens (including phenoxy) is 3. The van der Waals surface area contributed by atoms with Gasteiger partial charge in [0.2, 0.25) is 5.78 Å². The Kier molecular flexibility index (Phi) is 5.65. The maximum atomic E-state index is 13.2. The third-order valence-electron chi connectivity index (χ3n) is 6.26. The molecule has 2 aliphatic heterocycles. The zero-order valence-corrected chi connectivity index (χ0v) is 19.2. The molecular weight excluding hydrogens is 414 g/mol. The SMILES string of the molecule is CCc1ccc(/C=C2\Oc3c4c(cc(C)c3C2=O)OCN(Cc2ccccc2OC)C4)cc1. The first kappa shape index (κ1) is 21.3. The lowest BCUT2D eigenvalue weighted by Crippen LogP contribution is -2.32. The third kappa shape index (κ3) is 4.00. The van der Waals surface area contributed by atoms with E-state index in [1.807, 2.05) is 49.4 Å². The third-order valence-corrected chi connectivity index (χ3v) is 6.26. The molecule has 0 unspecified atom stereocenters. The molecule has 3 aromatic rings. The lowest BCUT2D eigenvalue weighted by Gasteiger charge is -2.30. The Morgan fingerprint density at radius 1 is 1.12 bits per heavy atom. The molecule has 0 saturated carbocycles. The highest BCUT2D eigenvalue weighted by Crippen LogP contribution is 2.44. The summed E-state index contributed by atoms with van der Waals surface area (Å²) in [6.07, 6.45) is 2.80. The highest BCUT2D eigenvalue weighted by Gasteiger charge is 2.35. The number of nitrogens with zero attached hydrogens (tertiary/aromatic N) is 1. The molecule has 0 fully saturated rings. The summed E-state index contributed by atoms with van der Waals surface area (Å²) in [6.45, 7) is 5.82.